The molecule has 3 saturated heterocycles. The van der Waals surface area contributed by atoms with Gasteiger partial charge in [0.1, 0.15) is 54.1 Å². The van der Waals surface area contributed by atoms with Crippen LogP contribution in [0.15, 0.2) is 0 Å². The van der Waals surface area contributed by atoms with Crippen molar-refractivity contribution in [3.8, 4) is 0 Å². The fourth-order valence-electron chi connectivity index (χ4n) is 8.83. The van der Waals surface area contributed by atoms with E-state index in [1.807, 2.05) is 0 Å². The van der Waals surface area contributed by atoms with E-state index in [-0.39, 0.29) is 25.7 Å². The van der Waals surface area contributed by atoms with E-state index >= 15 is 0 Å². The highest BCUT2D eigenvalue weighted by atomic mass is 16.7. The van der Waals surface area contributed by atoms with Crippen LogP contribution < -0.4 is 0 Å². The van der Waals surface area contributed by atoms with E-state index < -0.39 is 163 Å². The van der Waals surface area contributed by atoms with E-state index in [1.54, 1.807) is 41.5 Å². The molecule has 0 aromatic heterocycles. The third kappa shape index (κ3) is 14.7. The Kier molecular flexibility index (Phi) is 22.2. The molecule has 3 aliphatic rings. The molecule has 0 aromatic rings. The van der Waals surface area contributed by atoms with Crippen molar-refractivity contribution in [1.29, 1.82) is 0 Å². The number of ketones is 1. The summed E-state index contributed by atoms with van der Waals surface area (Å²) in [5, 5.41) is 130. The summed E-state index contributed by atoms with van der Waals surface area (Å²) in [6.45, 7) is 13.5. The lowest BCUT2D eigenvalue weighted by Crippen LogP contribution is -2.60. The SMILES string of the molecule is CCC1OC(=O)CC(OC2CC(C)(OC)C(O)C(C)O2)C(C)C(OC2OC(C)CC(N(C)O)C2O)C(C)(O)CC(C)C(=O)C(C)C(O)C1(C)O.O=C(O)C(O)C(O)C(O)C(O)C(O)CO. The molecule has 0 bridgehead atoms. The molecule has 23 heteroatoms. The first kappa shape index (κ1) is 59.0. The number of carbonyl (C=O) groups is 3. The predicted octanol–water partition coefficient (Wildman–Crippen LogP) is -2.83. The van der Waals surface area contributed by atoms with Crippen LogP contribution in [0.1, 0.15) is 94.4 Å². The van der Waals surface area contributed by atoms with Gasteiger partial charge in [0, 0.05) is 38.3 Å². The van der Waals surface area contributed by atoms with Crippen LogP contribution in [0.2, 0.25) is 0 Å². The molecule has 3 heterocycles. The normalized spacial score (nSPS) is 42.6. The zero-order valence-corrected chi connectivity index (χ0v) is 39.1. The van der Waals surface area contributed by atoms with Crippen molar-refractivity contribution < 1.29 is 109 Å². The number of carbonyl (C=O) groups excluding carboxylic acids is 2. The number of ether oxygens (including phenoxy) is 6. The Labute approximate surface area is 379 Å². The Morgan fingerprint density at radius 1 is 0.892 bits per heavy atom. The maximum atomic E-state index is 13.7. The molecule has 0 aliphatic carbocycles. The third-order valence-electron chi connectivity index (χ3n) is 13.1. The molecule has 3 rings (SSSR count). The molecular formula is C42H77NO22. The van der Waals surface area contributed by atoms with Gasteiger partial charge in [-0.15, -0.1) is 0 Å². The minimum Gasteiger partial charge on any atom is -0.479 e. The average molecular weight is 948 g/mol. The molecule has 22 unspecified atom stereocenters. The van der Waals surface area contributed by atoms with Gasteiger partial charge < -0.3 is 94.9 Å². The van der Waals surface area contributed by atoms with Crippen LogP contribution in [0.5, 0.6) is 0 Å². The summed E-state index contributed by atoms with van der Waals surface area (Å²) in [5.41, 5.74) is -4.91. The van der Waals surface area contributed by atoms with E-state index in [0.717, 1.165) is 5.06 Å². The molecule has 22 atom stereocenters. The van der Waals surface area contributed by atoms with Crippen molar-refractivity contribution in [2.45, 2.75) is 209 Å². The Morgan fingerprint density at radius 2 is 1.48 bits per heavy atom. The minimum absolute atomic E-state index is 0.0730. The number of aliphatic hydroxyl groups is 11. The van der Waals surface area contributed by atoms with Crippen molar-refractivity contribution in [3.63, 3.8) is 0 Å². The highest BCUT2D eigenvalue weighted by Gasteiger charge is 2.52. The van der Waals surface area contributed by atoms with Crippen molar-refractivity contribution in [3.05, 3.63) is 0 Å². The molecule has 13 N–H and O–H groups in total. The second-order valence-electron chi connectivity index (χ2n) is 18.6. The number of hydroxylamine groups is 2. The van der Waals surface area contributed by atoms with Gasteiger partial charge in [0.25, 0.3) is 0 Å². The second-order valence-corrected chi connectivity index (χ2v) is 18.6. The van der Waals surface area contributed by atoms with E-state index in [9.17, 15) is 45.1 Å². The van der Waals surface area contributed by atoms with E-state index in [2.05, 4.69) is 0 Å². The Hall–Kier alpha value is -2.11. The summed E-state index contributed by atoms with van der Waals surface area (Å²) in [6.07, 6.45) is -21.4. The quantitative estimate of drug-likeness (QED) is 0.0653. The number of likely N-dealkylation sites (N-methyl/N-ethyl adjacent to an activating group) is 1. The van der Waals surface area contributed by atoms with Gasteiger partial charge in [-0.1, -0.05) is 27.7 Å². The number of methoxy groups -OCH3 is 1. The number of Topliss-reactive ketones (excluding diaryl/α,β-unsaturated/α-hetero) is 1. The van der Waals surface area contributed by atoms with Crippen LogP contribution >= 0.6 is 0 Å². The number of aliphatic hydroxyl groups excluding tert-OH is 9. The van der Waals surface area contributed by atoms with Gasteiger partial charge in [-0.2, -0.15) is 5.06 Å². The monoisotopic (exact) mass is 947 g/mol. The first-order valence-electron chi connectivity index (χ1n) is 21.9. The topological polar surface area (TPSA) is 373 Å². The Morgan fingerprint density at radius 3 is 1.98 bits per heavy atom. The second kappa shape index (κ2) is 24.4. The summed E-state index contributed by atoms with van der Waals surface area (Å²) in [6, 6.07) is -0.763. The molecule has 0 amide bonds. The molecule has 0 spiro atoms. The number of cyclic esters (lactones) is 1. The van der Waals surface area contributed by atoms with Crippen LogP contribution in [-0.2, 0) is 42.8 Å². The summed E-state index contributed by atoms with van der Waals surface area (Å²) < 4.78 is 36.3. The highest BCUT2D eigenvalue weighted by Crippen LogP contribution is 2.40. The van der Waals surface area contributed by atoms with Crippen molar-refractivity contribution >= 4 is 17.7 Å². The molecule has 3 fully saturated rings. The van der Waals surface area contributed by atoms with Gasteiger partial charge in [0.15, 0.2) is 18.7 Å². The first-order chi connectivity index (χ1) is 29.8. The van der Waals surface area contributed by atoms with E-state index in [4.69, 9.17) is 64.2 Å². The lowest BCUT2D eigenvalue weighted by molar-refractivity contribution is -0.322. The predicted molar refractivity (Wildman–Crippen MR) is 222 cm³/mol. The van der Waals surface area contributed by atoms with Gasteiger partial charge in [-0.3, -0.25) is 9.59 Å². The molecule has 65 heavy (non-hydrogen) atoms. The van der Waals surface area contributed by atoms with Crippen LogP contribution in [0.25, 0.3) is 0 Å². The standard InChI is InChI=1S/C35H63NO14.C7H14O8/c1-12-24-35(9,43)29(40)20(5)27(38)17(2)15-33(7,42)31(50-32-28(39)22(36(10)44)13-18(3)46-32)19(4)23(14-25(37)49-24)48-26-16-34(8,45-11)30(41)21(6)47-26;8-1-2(9)3(10)4(11)5(12)6(13)7(14)15/h17-24,26,28-32,39-44H,12-16H2,1-11H3;2-6,8-13H,1H2,(H,14,15). The number of carboxylic acids is 1. The van der Waals surface area contributed by atoms with E-state index in [0.29, 0.717) is 0 Å². The zero-order valence-electron chi connectivity index (χ0n) is 39.1. The number of rotatable bonds is 13. The summed E-state index contributed by atoms with van der Waals surface area (Å²) in [5.74, 6) is -5.86. The van der Waals surface area contributed by atoms with Crippen molar-refractivity contribution in [1.82, 2.24) is 5.06 Å². The largest absolute Gasteiger partial charge is 0.479 e. The van der Waals surface area contributed by atoms with Gasteiger partial charge >= 0.3 is 11.9 Å². The third-order valence-corrected chi connectivity index (χ3v) is 13.1. The Balaban J connectivity index is 0.000000824. The lowest BCUT2D eigenvalue weighted by atomic mass is 9.74. The van der Waals surface area contributed by atoms with Gasteiger partial charge in [0.2, 0.25) is 0 Å². The minimum atomic E-state index is -2.29. The van der Waals surface area contributed by atoms with Gasteiger partial charge in [-0.05, 0) is 53.9 Å². The fraction of sp³-hybridized carbons (Fsp3) is 0.929. The van der Waals surface area contributed by atoms with Crippen molar-refractivity contribution in [2.75, 3.05) is 20.8 Å². The molecular weight excluding hydrogens is 870 g/mol. The number of nitrogens with zero attached hydrogens (tertiary/aromatic N) is 1. The van der Waals surface area contributed by atoms with E-state index in [1.165, 1.54) is 34.9 Å². The molecule has 382 valence electrons. The van der Waals surface area contributed by atoms with Crippen LogP contribution in [0.3, 0.4) is 0 Å². The zero-order chi connectivity index (χ0) is 50.3. The highest BCUT2D eigenvalue weighted by molar-refractivity contribution is 5.83. The summed E-state index contributed by atoms with van der Waals surface area (Å²) in [7, 11) is 2.86. The smallest absolute Gasteiger partial charge is 0.335 e. The fourth-order valence-corrected chi connectivity index (χ4v) is 8.83. The number of aliphatic carboxylic acids is 1. The number of hydrogen-bond acceptors (Lipinski definition) is 22. The maximum absolute atomic E-state index is 13.7. The molecule has 0 radical (unpaired) electrons. The molecule has 0 saturated carbocycles. The molecule has 3 aliphatic heterocycles. The Bertz CT molecular complexity index is 1500. The number of esters is 1. The first-order valence-corrected chi connectivity index (χ1v) is 21.9. The molecule has 23 nitrogen and oxygen atoms in total. The van der Waals surface area contributed by atoms with Crippen LogP contribution in [0.4, 0.5) is 0 Å². The van der Waals surface area contributed by atoms with Crippen LogP contribution in [-0.4, -0.2) is 225 Å². The number of carboxylic acid groups (broad SMARTS) is 1. The van der Waals surface area contributed by atoms with Crippen molar-refractivity contribution in [2.24, 2.45) is 17.8 Å². The summed E-state index contributed by atoms with van der Waals surface area (Å²) in [4.78, 5) is 37.6. The average Bonchev–Trinajstić information content (AvgIpc) is 3.24. The number of hydrogen-bond donors (Lipinski definition) is 13. The lowest BCUT2D eigenvalue weighted by Gasteiger charge is -2.48. The maximum Gasteiger partial charge on any atom is 0.335 e. The van der Waals surface area contributed by atoms with Gasteiger partial charge in [-0.25, -0.2) is 4.79 Å². The summed E-state index contributed by atoms with van der Waals surface area (Å²) >= 11 is 0. The van der Waals surface area contributed by atoms with Crippen LogP contribution in [0, 0.1) is 17.8 Å². The molecule has 0 aromatic carbocycles. The van der Waals surface area contributed by atoms with Gasteiger partial charge in [0.05, 0.1) is 60.8 Å².